The van der Waals surface area contributed by atoms with Crippen molar-refractivity contribution in [1.82, 2.24) is 5.32 Å². The molecule has 0 aliphatic carbocycles. The van der Waals surface area contributed by atoms with Gasteiger partial charge in [0, 0.05) is 34.9 Å². The molecule has 1 aromatic heterocycles. The van der Waals surface area contributed by atoms with E-state index in [-0.39, 0.29) is 0 Å². The predicted octanol–water partition coefficient (Wildman–Crippen LogP) is 3.95. The molecule has 0 fully saturated rings. The molecule has 1 N–H and O–H groups in total. The van der Waals surface area contributed by atoms with Crippen molar-refractivity contribution in [2.75, 3.05) is 7.11 Å². The van der Waals surface area contributed by atoms with Crippen molar-refractivity contribution in [2.45, 2.75) is 19.7 Å². The van der Waals surface area contributed by atoms with Crippen LogP contribution in [0.25, 0.3) is 0 Å². The second-order valence-corrected chi connectivity index (χ2v) is 5.95. The van der Waals surface area contributed by atoms with E-state index < -0.39 is 0 Å². The lowest BCUT2D eigenvalue weighted by Gasteiger charge is -2.09. The molecule has 2 rings (SSSR count). The molecule has 0 aliphatic rings. The van der Waals surface area contributed by atoms with E-state index in [2.05, 4.69) is 50.9 Å². The molecule has 0 saturated heterocycles. The fourth-order valence-electron chi connectivity index (χ4n) is 1.79. The molecule has 0 aliphatic heterocycles. The summed E-state index contributed by atoms with van der Waals surface area (Å²) < 4.78 is 6.36. The van der Waals surface area contributed by atoms with E-state index in [4.69, 9.17) is 4.74 Å². The van der Waals surface area contributed by atoms with Crippen molar-refractivity contribution < 1.29 is 4.74 Å². The van der Waals surface area contributed by atoms with Crippen LogP contribution < -0.4 is 5.32 Å². The van der Waals surface area contributed by atoms with Gasteiger partial charge in [-0.25, -0.2) is 0 Å². The molecule has 2 aromatic rings. The molecular weight excluding hydrogens is 310 g/mol. The minimum atomic E-state index is 0.669. The topological polar surface area (TPSA) is 21.3 Å². The highest BCUT2D eigenvalue weighted by Crippen LogP contribution is 2.19. The number of hydrogen-bond donors (Lipinski definition) is 1. The van der Waals surface area contributed by atoms with Crippen LogP contribution >= 0.6 is 27.3 Å². The Labute approximate surface area is 120 Å². The zero-order chi connectivity index (χ0) is 12.8. The Kier molecular flexibility index (Phi) is 5.38. The Balaban J connectivity index is 1.89. The van der Waals surface area contributed by atoms with Crippen LogP contribution in [0.15, 0.2) is 40.2 Å². The van der Waals surface area contributed by atoms with Crippen LogP contribution in [0.1, 0.15) is 16.0 Å². The van der Waals surface area contributed by atoms with E-state index in [0.717, 1.165) is 17.6 Å². The lowest BCUT2D eigenvalue weighted by atomic mass is 10.1. The van der Waals surface area contributed by atoms with Crippen LogP contribution in [0.5, 0.6) is 0 Å². The molecular formula is C14H16BrNOS. The van der Waals surface area contributed by atoms with Crippen molar-refractivity contribution in [2.24, 2.45) is 0 Å². The minimum absolute atomic E-state index is 0.669. The number of nitrogens with one attached hydrogen (secondary N) is 1. The fourth-order valence-corrected chi connectivity index (χ4v) is 3.21. The highest BCUT2D eigenvalue weighted by molar-refractivity contribution is 9.10. The number of thiophene rings is 1. The summed E-state index contributed by atoms with van der Waals surface area (Å²) in [7, 11) is 1.73. The number of hydrogen-bond acceptors (Lipinski definition) is 3. The van der Waals surface area contributed by atoms with Gasteiger partial charge in [0.1, 0.15) is 0 Å². The quantitative estimate of drug-likeness (QED) is 0.868. The van der Waals surface area contributed by atoms with E-state index in [1.807, 2.05) is 6.07 Å². The number of rotatable bonds is 6. The lowest BCUT2D eigenvalue weighted by Crippen LogP contribution is -2.13. The second kappa shape index (κ2) is 7.04. The molecule has 0 radical (unpaired) electrons. The van der Waals surface area contributed by atoms with E-state index in [1.54, 1.807) is 18.4 Å². The average molecular weight is 326 g/mol. The highest BCUT2D eigenvalue weighted by atomic mass is 79.9. The highest BCUT2D eigenvalue weighted by Gasteiger charge is 2.02. The smallest absolute Gasteiger partial charge is 0.0716 e. The van der Waals surface area contributed by atoms with Crippen molar-refractivity contribution in [1.29, 1.82) is 0 Å². The van der Waals surface area contributed by atoms with Crippen molar-refractivity contribution in [3.05, 3.63) is 56.2 Å². The van der Waals surface area contributed by atoms with E-state index in [9.17, 15) is 0 Å². The van der Waals surface area contributed by atoms with E-state index in [0.29, 0.717) is 6.61 Å². The zero-order valence-corrected chi connectivity index (χ0v) is 12.7. The van der Waals surface area contributed by atoms with Crippen LogP contribution in [0, 0.1) is 0 Å². The van der Waals surface area contributed by atoms with Crippen LogP contribution in [-0.2, 0) is 24.4 Å². The molecule has 0 bridgehead atoms. The Bertz CT molecular complexity index is 498. The van der Waals surface area contributed by atoms with Crippen molar-refractivity contribution in [3.63, 3.8) is 0 Å². The molecule has 0 saturated carbocycles. The monoisotopic (exact) mass is 325 g/mol. The second-order valence-electron chi connectivity index (χ2n) is 4.04. The normalized spacial score (nSPS) is 10.8. The molecule has 0 amide bonds. The van der Waals surface area contributed by atoms with Crippen LogP contribution in [0.2, 0.25) is 0 Å². The maximum atomic E-state index is 5.20. The summed E-state index contributed by atoms with van der Waals surface area (Å²) in [5.74, 6) is 0. The van der Waals surface area contributed by atoms with Crippen molar-refractivity contribution >= 4 is 27.3 Å². The summed E-state index contributed by atoms with van der Waals surface area (Å²) in [6.07, 6.45) is 0. The maximum Gasteiger partial charge on any atom is 0.0716 e. The Hall–Kier alpha value is -0.680. The summed E-state index contributed by atoms with van der Waals surface area (Å²) in [4.78, 5) is 1.34. The van der Waals surface area contributed by atoms with Crippen LogP contribution in [0.3, 0.4) is 0 Å². The van der Waals surface area contributed by atoms with Gasteiger partial charge in [-0.15, -0.1) is 11.3 Å². The number of halogens is 1. The lowest BCUT2D eigenvalue weighted by molar-refractivity contribution is 0.184. The predicted molar refractivity (Wildman–Crippen MR) is 79.7 cm³/mol. The van der Waals surface area contributed by atoms with Gasteiger partial charge in [-0.3, -0.25) is 0 Å². The van der Waals surface area contributed by atoms with Gasteiger partial charge in [-0.05, 0) is 33.1 Å². The van der Waals surface area contributed by atoms with E-state index >= 15 is 0 Å². The molecule has 0 atom stereocenters. The largest absolute Gasteiger partial charge is 0.380 e. The van der Waals surface area contributed by atoms with Crippen LogP contribution in [0.4, 0.5) is 0 Å². The molecule has 0 spiro atoms. The molecule has 0 unspecified atom stereocenters. The Morgan fingerprint density at radius 2 is 2.00 bits per heavy atom. The SMILES string of the molecule is COCc1ccccc1CNCc1cc(Br)cs1. The maximum absolute atomic E-state index is 5.20. The number of ether oxygens (including phenoxy) is 1. The third-order valence-corrected chi connectivity index (χ3v) is 4.35. The Morgan fingerprint density at radius 3 is 2.67 bits per heavy atom. The summed E-state index contributed by atoms with van der Waals surface area (Å²) >= 11 is 5.23. The van der Waals surface area contributed by atoms with Crippen molar-refractivity contribution in [3.8, 4) is 0 Å². The first kappa shape index (κ1) is 13.7. The average Bonchev–Trinajstić information content (AvgIpc) is 2.78. The van der Waals surface area contributed by atoms with Gasteiger partial charge in [0.25, 0.3) is 0 Å². The summed E-state index contributed by atoms with van der Waals surface area (Å²) in [5.41, 5.74) is 2.55. The summed E-state index contributed by atoms with van der Waals surface area (Å²) in [5, 5.41) is 5.57. The van der Waals surface area contributed by atoms with Gasteiger partial charge in [-0.1, -0.05) is 24.3 Å². The van der Waals surface area contributed by atoms with E-state index in [1.165, 1.54) is 16.0 Å². The molecule has 2 nitrogen and oxygen atoms in total. The first-order valence-corrected chi connectivity index (χ1v) is 7.46. The van der Waals surface area contributed by atoms with Gasteiger partial charge in [0.2, 0.25) is 0 Å². The van der Waals surface area contributed by atoms with Gasteiger partial charge >= 0.3 is 0 Å². The first-order chi connectivity index (χ1) is 8.79. The van der Waals surface area contributed by atoms with Gasteiger partial charge in [0.15, 0.2) is 0 Å². The third-order valence-electron chi connectivity index (χ3n) is 2.65. The minimum Gasteiger partial charge on any atom is -0.380 e. The summed E-state index contributed by atoms with van der Waals surface area (Å²) in [6.45, 7) is 2.44. The van der Waals surface area contributed by atoms with Gasteiger partial charge in [-0.2, -0.15) is 0 Å². The molecule has 1 aromatic carbocycles. The third kappa shape index (κ3) is 3.92. The zero-order valence-electron chi connectivity index (χ0n) is 10.3. The summed E-state index contributed by atoms with van der Waals surface area (Å²) in [6, 6.07) is 10.5. The molecule has 4 heteroatoms. The fraction of sp³-hybridized carbons (Fsp3) is 0.286. The Morgan fingerprint density at radius 1 is 1.22 bits per heavy atom. The van der Waals surface area contributed by atoms with Gasteiger partial charge in [0.05, 0.1) is 6.61 Å². The number of methoxy groups -OCH3 is 1. The standard InChI is InChI=1S/C14H16BrNOS/c1-17-9-12-5-3-2-4-11(12)7-16-8-14-6-13(15)10-18-14/h2-6,10,16H,7-9H2,1H3. The molecule has 18 heavy (non-hydrogen) atoms. The molecule has 1 heterocycles. The first-order valence-electron chi connectivity index (χ1n) is 5.79. The number of benzene rings is 1. The molecule has 96 valence electrons. The van der Waals surface area contributed by atoms with Gasteiger partial charge < -0.3 is 10.1 Å². The van der Waals surface area contributed by atoms with Crippen LogP contribution in [-0.4, -0.2) is 7.11 Å².